The lowest BCUT2D eigenvalue weighted by atomic mass is 10.1. The van der Waals surface area contributed by atoms with Crippen molar-refractivity contribution in [2.75, 3.05) is 19.0 Å². The second kappa shape index (κ2) is 8.66. The number of nitrogens with one attached hydrogen (secondary N) is 2. The molecule has 0 spiro atoms. The number of ether oxygens (including phenoxy) is 2. The van der Waals surface area contributed by atoms with Gasteiger partial charge in [-0.05, 0) is 55.3 Å². The Labute approximate surface area is 151 Å². The van der Waals surface area contributed by atoms with Crippen molar-refractivity contribution in [1.29, 1.82) is 0 Å². The van der Waals surface area contributed by atoms with Gasteiger partial charge in [0.25, 0.3) is 5.91 Å². The standard InChI is InChI=1S/C19H20N2O5/c1-12-7-8-15(9-13(12)2)20-19(24)21-17(22)11-26-18(23)14-5-4-6-16(10-14)25-3/h4-10H,11H2,1-3H3,(H2,20,21,22,24). The number of carbonyl (C=O) groups excluding carboxylic acids is 3. The Morgan fingerprint density at radius 3 is 2.46 bits per heavy atom. The Kier molecular flexibility index (Phi) is 6.32. The number of anilines is 1. The molecule has 7 heteroatoms. The summed E-state index contributed by atoms with van der Waals surface area (Å²) in [7, 11) is 1.48. The van der Waals surface area contributed by atoms with Crippen LogP contribution in [0.25, 0.3) is 0 Å². The molecule has 0 fully saturated rings. The zero-order chi connectivity index (χ0) is 19.1. The molecule has 2 rings (SSSR count). The summed E-state index contributed by atoms with van der Waals surface area (Å²) in [4.78, 5) is 35.5. The van der Waals surface area contributed by atoms with Gasteiger partial charge in [0.2, 0.25) is 0 Å². The van der Waals surface area contributed by atoms with Crippen LogP contribution in [0.15, 0.2) is 42.5 Å². The van der Waals surface area contributed by atoms with Crippen molar-refractivity contribution in [2.24, 2.45) is 0 Å². The Hall–Kier alpha value is -3.35. The van der Waals surface area contributed by atoms with Gasteiger partial charge in [-0.1, -0.05) is 12.1 Å². The van der Waals surface area contributed by atoms with E-state index in [1.807, 2.05) is 19.9 Å². The fourth-order valence-corrected chi connectivity index (χ4v) is 2.11. The van der Waals surface area contributed by atoms with E-state index >= 15 is 0 Å². The van der Waals surface area contributed by atoms with Gasteiger partial charge in [0, 0.05) is 5.69 Å². The number of benzene rings is 2. The lowest BCUT2D eigenvalue weighted by Crippen LogP contribution is -2.37. The number of imide groups is 1. The summed E-state index contributed by atoms with van der Waals surface area (Å²) in [6.07, 6.45) is 0. The van der Waals surface area contributed by atoms with Gasteiger partial charge in [-0.15, -0.1) is 0 Å². The lowest BCUT2D eigenvalue weighted by molar-refractivity contribution is -0.123. The summed E-state index contributed by atoms with van der Waals surface area (Å²) in [5, 5.41) is 4.65. The van der Waals surface area contributed by atoms with Crippen molar-refractivity contribution in [3.8, 4) is 5.75 Å². The average Bonchev–Trinajstić information content (AvgIpc) is 2.62. The van der Waals surface area contributed by atoms with Crippen LogP contribution in [-0.4, -0.2) is 31.6 Å². The van der Waals surface area contributed by atoms with E-state index in [9.17, 15) is 14.4 Å². The highest BCUT2D eigenvalue weighted by Crippen LogP contribution is 2.14. The Morgan fingerprint density at radius 1 is 1.00 bits per heavy atom. The summed E-state index contributed by atoms with van der Waals surface area (Å²) in [5.74, 6) is -0.923. The van der Waals surface area contributed by atoms with Crippen molar-refractivity contribution < 1.29 is 23.9 Å². The van der Waals surface area contributed by atoms with Crippen molar-refractivity contribution in [3.63, 3.8) is 0 Å². The van der Waals surface area contributed by atoms with Crippen molar-refractivity contribution >= 4 is 23.6 Å². The molecular formula is C19H20N2O5. The molecule has 0 saturated heterocycles. The van der Waals surface area contributed by atoms with Crippen molar-refractivity contribution in [1.82, 2.24) is 5.32 Å². The summed E-state index contributed by atoms with van der Waals surface area (Å²) in [6.45, 7) is 3.30. The highest BCUT2D eigenvalue weighted by molar-refractivity contribution is 6.02. The van der Waals surface area contributed by atoms with Crippen LogP contribution in [0.1, 0.15) is 21.5 Å². The van der Waals surface area contributed by atoms with Gasteiger partial charge in [0.15, 0.2) is 6.61 Å². The molecule has 0 aromatic heterocycles. The smallest absolute Gasteiger partial charge is 0.338 e. The maximum atomic E-state index is 11.9. The minimum atomic E-state index is -0.734. The maximum absolute atomic E-state index is 11.9. The predicted molar refractivity (Wildman–Crippen MR) is 96.4 cm³/mol. The number of urea groups is 1. The number of amides is 3. The van der Waals surface area contributed by atoms with E-state index in [0.717, 1.165) is 11.1 Å². The number of esters is 1. The van der Waals surface area contributed by atoms with Gasteiger partial charge >= 0.3 is 12.0 Å². The number of rotatable bonds is 5. The normalized spacial score (nSPS) is 9.96. The van der Waals surface area contributed by atoms with Crippen molar-refractivity contribution in [2.45, 2.75) is 13.8 Å². The van der Waals surface area contributed by atoms with Crippen LogP contribution in [0.2, 0.25) is 0 Å². The molecule has 136 valence electrons. The van der Waals surface area contributed by atoms with Crippen LogP contribution in [0.5, 0.6) is 5.75 Å². The van der Waals surface area contributed by atoms with E-state index in [2.05, 4.69) is 10.6 Å². The first-order valence-corrected chi connectivity index (χ1v) is 7.88. The van der Waals surface area contributed by atoms with Crippen LogP contribution in [0.4, 0.5) is 10.5 Å². The molecule has 0 radical (unpaired) electrons. The monoisotopic (exact) mass is 356 g/mol. The number of aryl methyl sites for hydroxylation is 2. The second-order valence-corrected chi connectivity index (χ2v) is 5.61. The van der Waals surface area contributed by atoms with E-state index in [4.69, 9.17) is 9.47 Å². The molecule has 3 amide bonds. The highest BCUT2D eigenvalue weighted by Gasteiger charge is 2.13. The van der Waals surface area contributed by atoms with E-state index in [-0.39, 0.29) is 5.56 Å². The lowest BCUT2D eigenvalue weighted by Gasteiger charge is -2.09. The molecule has 0 unspecified atom stereocenters. The first-order valence-electron chi connectivity index (χ1n) is 7.88. The topological polar surface area (TPSA) is 93.7 Å². The molecule has 0 aliphatic rings. The molecule has 2 aromatic carbocycles. The number of carbonyl (C=O) groups is 3. The average molecular weight is 356 g/mol. The second-order valence-electron chi connectivity index (χ2n) is 5.61. The molecule has 0 saturated carbocycles. The molecule has 0 heterocycles. The first-order chi connectivity index (χ1) is 12.4. The fourth-order valence-electron chi connectivity index (χ4n) is 2.11. The predicted octanol–water partition coefficient (Wildman–Crippen LogP) is 2.82. The van der Waals surface area contributed by atoms with Gasteiger partial charge in [-0.3, -0.25) is 10.1 Å². The summed E-state index contributed by atoms with van der Waals surface area (Å²) < 4.78 is 9.90. The van der Waals surface area contributed by atoms with Crippen LogP contribution >= 0.6 is 0 Å². The molecule has 2 aromatic rings. The quantitative estimate of drug-likeness (QED) is 0.804. The van der Waals surface area contributed by atoms with Gasteiger partial charge in [-0.25, -0.2) is 9.59 Å². The third-order valence-electron chi connectivity index (χ3n) is 3.66. The van der Waals surface area contributed by atoms with Gasteiger partial charge in [-0.2, -0.15) is 0 Å². The molecular weight excluding hydrogens is 336 g/mol. The summed E-state index contributed by atoms with van der Waals surface area (Å²) in [6, 6.07) is 11.0. The molecule has 2 N–H and O–H groups in total. The van der Waals surface area contributed by atoms with Crippen LogP contribution in [-0.2, 0) is 9.53 Å². The van der Waals surface area contributed by atoms with Crippen LogP contribution < -0.4 is 15.4 Å². The Morgan fingerprint density at radius 2 is 1.77 bits per heavy atom. The summed E-state index contributed by atoms with van der Waals surface area (Å²) >= 11 is 0. The molecule has 7 nitrogen and oxygen atoms in total. The van der Waals surface area contributed by atoms with Crippen LogP contribution in [0.3, 0.4) is 0 Å². The van der Waals surface area contributed by atoms with Crippen LogP contribution in [0, 0.1) is 13.8 Å². The number of hydrogen-bond donors (Lipinski definition) is 2. The van der Waals surface area contributed by atoms with E-state index in [0.29, 0.717) is 11.4 Å². The molecule has 0 bridgehead atoms. The number of methoxy groups -OCH3 is 1. The van der Waals surface area contributed by atoms with Gasteiger partial charge in [0.1, 0.15) is 5.75 Å². The van der Waals surface area contributed by atoms with E-state index in [1.54, 1.807) is 24.3 Å². The molecule has 0 aliphatic heterocycles. The van der Waals surface area contributed by atoms with E-state index in [1.165, 1.54) is 19.2 Å². The third kappa shape index (κ3) is 5.34. The zero-order valence-electron chi connectivity index (χ0n) is 14.8. The minimum absolute atomic E-state index is 0.247. The third-order valence-corrected chi connectivity index (χ3v) is 3.66. The Bertz CT molecular complexity index is 832. The largest absolute Gasteiger partial charge is 0.497 e. The van der Waals surface area contributed by atoms with Gasteiger partial charge < -0.3 is 14.8 Å². The molecule has 0 atom stereocenters. The first kappa shape index (κ1) is 19.0. The summed E-state index contributed by atoms with van der Waals surface area (Å²) in [5.41, 5.74) is 2.92. The SMILES string of the molecule is COc1cccc(C(=O)OCC(=O)NC(=O)Nc2ccc(C)c(C)c2)c1. The fraction of sp³-hybridized carbons (Fsp3) is 0.211. The number of hydrogen-bond acceptors (Lipinski definition) is 5. The molecule has 26 heavy (non-hydrogen) atoms. The Balaban J connectivity index is 1.83. The maximum Gasteiger partial charge on any atom is 0.338 e. The van der Waals surface area contributed by atoms with E-state index < -0.39 is 24.5 Å². The minimum Gasteiger partial charge on any atom is -0.497 e. The highest BCUT2D eigenvalue weighted by atomic mass is 16.5. The van der Waals surface area contributed by atoms with Crippen molar-refractivity contribution in [3.05, 3.63) is 59.2 Å². The molecule has 0 aliphatic carbocycles. The van der Waals surface area contributed by atoms with Gasteiger partial charge in [0.05, 0.1) is 12.7 Å². The zero-order valence-corrected chi connectivity index (χ0v) is 14.8.